The molecule has 0 bridgehead atoms. The summed E-state index contributed by atoms with van der Waals surface area (Å²) in [5.41, 5.74) is 7.65. The van der Waals surface area contributed by atoms with Crippen molar-refractivity contribution in [2.75, 3.05) is 11.9 Å². The molecule has 2 heterocycles. The number of halogens is 1. The Hall–Kier alpha value is -3.86. The second-order valence-electron chi connectivity index (χ2n) is 7.97. The lowest BCUT2D eigenvalue weighted by molar-refractivity contribution is 0.0996. The maximum atomic E-state index is 12.4. The number of aromatic nitrogens is 2. The highest BCUT2D eigenvalue weighted by atomic mass is 127. The summed E-state index contributed by atoms with van der Waals surface area (Å²) in [5.74, 6) is 0.571. The van der Waals surface area contributed by atoms with Gasteiger partial charge in [-0.25, -0.2) is 9.78 Å². The van der Waals surface area contributed by atoms with Gasteiger partial charge in [-0.3, -0.25) is 4.79 Å². The molecule has 2 aromatic heterocycles. The van der Waals surface area contributed by atoms with E-state index < -0.39 is 11.5 Å². The first-order valence-corrected chi connectivity index (χ1v) is 12.0. The zero-order valence-corrected chi connectivity index (χ0v) is 20.9. The van der Waals surface area contributed by atoms with Gasteiger partial charge in [-0.1, -0.05) is 18.2 Å². The molecule has 0 radical (unpaired) electrons. The summed E-state index contributed by atoms with van der Waals surface area (Å²) in [5, 5.41) is 3.98. The van der Waals surface area contributed by atoms with Gasteiger partial charge in [-0.05, 0) is 77.5 Å². The van der Waals surface area contributed by atoms with Crippen LogP contribution in [0.3, 0.4) is 0 Å². The van der Waals surface area contributed by atoms with Crippen LogP contribution in [0.4, 0.5) is 11.6 Å². The molecule has 0 aliphatic rings. The first-order valence-electron chi connectivity index (χ1n) is 10.9. The molecule has 35 heavy (non-hydrogen) atoms. The zero-order valence-electron chi connectivity index (χ0n) is 18.7. The normalized spacial score (nSPS) is 11.1. The summed E-state index contributed by atoms with van der Waals surface area (Å²) in [6.07, 6.45) is 0. The minimum absolute atomic E-state index is 0.148. The standard InChI is InChI=1S/C26H21IN4O4/c1-15-19-13-20-21(14-22(19)35-25(33)23(15)24(28)32)31(11-12-34-18-5-3-2-4-6-18)26(30-20)29-17-9-7-16(27)8-10-17/h2-10,13-14H,11-12H2,1H3,(H2,28,32)(H,29,30). The molecule has 0 atom stereocenters. The molecular weight excluding hydrogens is 559 g/mol. The summed E-state index contributed by atoms with van der Waals surface area (Å²) in [6, 6.07) is 21.1. The van der Waals surface area contributed by atoms with Gasteiger partial charge >= 0.3 is 5.63 Å². The Kier molecular flexibility index (Phi) is 6.16. The molecule has 1 amide bonds. The molecule has 176 valence electrons. The van der Waals surface area contributed by atoms with E-state index in [1.165, 1.54) is 0 Å². The molecule has 0 fully saturated rings. The van der Waals surface area contributed by atoms with Crippen LogP contribution >= 0.6 is 22.6 Å². The predicted molar refractivity (Wildman–Crippen MR) is 143 cm³/mol. The van der Waals surface area contributed by atoms with E-state index in [2.05, 4.69) is 27.9 Å². The molecule has 9 heteroatoms. The van der Waals surface area contributed by atoms with Crippen LogP contribution in [0.15, 0.2) is 75.9 Å². The largest absolute Gasteiger partial charge is 0.492 e. The SMILES string of the molecule is Cc1c(C(N)=O)c(=O)oc2cc3c(cc12)nc(Nc1ccc(I)cc1)n3CCOc1ccccc1. The van der Waals surface area contributed by atoms with Crippen molar-refractivity contribution in [1.29, 1.82) is 0 Å². The third-order valence-electron chi connectivity index (χ3n) is 5.71. The van der Waals surface area contributed by atoms with Crippen LogP contribution in [0.1, 0.15) is 15.9 Å². The Morgan fingerprint density at radius 1 is 1.14 bits per heavy atom. The Labute approximate surface area is 213 Å². The van der Waals surface area contributed by atoms with E-state index in [-0.39, 0.29) is 5.56 Å². The van der Waals surface area contributed by atoms with Gasteiger partial charge in [0.05, 0.1) is 17.6 Å². The molecule has 0 unspecified atom stereocenters. The predicted octanol–water partition coefficient (Wildman–Crippen LogP) is 4.98. The van der Waals surface area contributed by atoms with Crippen molar-refractivity contribution < 1.29 is 13.9 Å². The highest BCUT2D eigenvalue weighted by Gasteiger charge is 2.19. The lowest BCUT2D eigenvalue weighted by Crippen LogP contribution is -2.22. The minimum Gasteiger partial charge on any atom is -0.492 e. The van der Waals surface area contributed by atoms with Gasteiger partial charge in [0.1, 0.15) is 23.5 Å². The van der Waals surface area contributed by atoms with Crippen LogP contribution in [0, 0.1) is 10.5 Å². The summed E-state index contributed by atoms with van der Waals surface area (Å²) >= 11 is 2.26. The second kappa shape index (κ2) is 9.41. The number of nitrogens with zero attached hydrogens (tertiary/aromatic N) is 2. The molecule has 3 N–H and O–H groups in total. The number of carbonyl (C=O) groups is 1. The Balaban J connectivity index is 1.60. The summed E-state index contributed by atoms with van der Waals surface area (Å²) in [4.78, 5) is 29.0. The molecule has 0 aliphatic carbocycles. The number of fused-ring (bicyclic) bond motifs is 2. The van der Waals surface area contributed by atoms with Crippen molar-refractivity contribution in [3.8, 4) is 5.75 Å². The van der Waals surface area contributed by atoms with Crippen LogP contribution < -0.4 is 21.4 Å². The Morgan fingerprint density at radius 3 is 2.60 bits per heavy atom. The molecule has 5 aromatic rings. The average Bonchev–Trinajstić information content (AvgIpc) is 3.16. The number of rotatable bonds is 7. The fourth-order valence-corrected chi connectivity index (χ4v) is 4.37. The fourth-order valence-electron chi connectivity index (χ4n) is 4.01. The Morgan fingerprint density at radius 2 is 1.89 bits per heavy atom. The molecule has 8 nitrogen and oxygen atoms in total. The molecule has 3 aromatic carbocycles. The number of nitrogens with two attached hydrogens (primary N) is 1. The molecule has 0 aliphatic heterocycles. The number of para-hydroxylation sites is 1. The van der Waals surface area contributed by atoms with Crippen molar-refractivity contribution in [3.05, 3.63) is 91.8 Å². The molecule has 5 rings (SSSR count). The number of hydrogen-bond acceptors (Lipinski definition) is 6. The number of carbonyl (C=O) groups excluding carboxylic acids is 1. The van der Waals surface area contributed by atoms with Gasteiger partial charge in [0, 0.05) is 20.7 Å². The van der Waals surface area contributed by atoms with Crippen molar-refractivity contribution in [3.63, 3.8) is 0 Å². The number of nitrogens with one attached hydrogen (secondary N) is 1. The van der Waals surface area contributed by atoms with Crippen LogP contribution in [-0.2, 0) is 6.54 Å². The third kappa shape index (κ3) is 4.59. The van der Waals surface area contributed by atoms with E-state index in [9.17, 15) is 9.59 Å². The van der Waals surface area contributed by atoms with Crippen LogP contribution in [-0.4, -0.2) is 22.1 Å². The monoisotopic (exact) mass is 580 g/mol. The van der Waals surface area contributed by atoms with Gasteiger partial charge in [0.2, 0.25) is 5.95 Å². The molecular formula is C26H21IN4O4. The highest BCUT2D eigenvalue weighted by Crippen LogP contribution is 2.29. The Bertz CT molecular complexity index is 1610. The maximum absolute atomic E-state index is 12.4. The number of imidazole rings is 1. The van der Waals surface area contributed by atoms with E-state index in [4.69, 9.17) is 19.9 Å². The van der Waals surface area contributed by atoms with Crippen molar-refractivity contribution in [1.82, 2.24) is 9.55 Å². The summed E-state index contributed by atoms with van der Waals surface area (Å²) in [7, 11) is 0. The van der Waals surface area contributed by atoms with Gasteiger partial charge in [-0.2, -0.15) is 0 Å². The molecule has 0 saturated carbocycles. The quantitative estimate of drug-likeness (QED) is 0.208. The smallest absolute Gasteiger partial charge is 0.349 e. The van der Waals surface area contributed by atoms with Crippen molar-refractivity contribution >= 4 is 62.1 Å². The number of anilines is 2. The fraction of sp³-hybridized carbons (Fsp3) is 0.115. The zero-order chi connectivity index (χ0) is 24.5. The lowest BCUT2D eigenvalue weighted by Gasteiger charge is -2.12. The van der Waals surface area contributed by atoms with E-state index >= 15 is 0 Å². The summed E-state index contributed by atoms with van der Waals surface area (Å²) in [6.45, 7) is 2.57. The molecule has 0 saturated heterocycles. The first-order chi connectivity index (χ1) is 16.9. The van der Waals surface area contributed by atoms with Crippen molar-refractivity contribution in [2.45, 2.75) is 13.5 Å². The van der Waals surface area contributed by atoms with Gasteiger partial charge in [0.25, 0.3) is 5.91 Å². The van der Waals surface area contributed by atoms with Crippen LogP contribution in [0.2, 0.25) is 0 Å². The topological polar surface area (TPSA) is 112 Å². The van der Waals surface area contributed by atoms with E-state index in [0.717, 1.165) is 20.5 Å². The van der Waals surface area contributed by atoms with Crippen LogP contribution in [0.25, 0.3) is 22.0 Å². The van der Waals surface area contributed by atoms with E-state index in [1.807, 2.05) is 65.2 Å². The number of aryl methyl sites for hydroxylation is 1. The highest BCUT2D eigenvalue weighted by molar-refractivity contribution is 14.1. The van der Waals surface area contributed by atoms with Crippen LogP contribution in [0.5, 0.6) is 5.75 Å². The number of hydrogen-bond donors (Lipinski definition) is 2. The number of primary amides is 1. The van der Waals surface area contributed by atoms with E-state index in [0.29, 0.717) is 41.1 Å². The third-order valence-corrected chi connectivity index (χ3v) is 6.43. The van der Waals surface area contributed by atoms with Gasteiger partial charge in [0.15, 0.2) is 0 Å². The number of benzene rings is 3. The lowest BCUT2D eigenvalue weighted by atomic mass is 10.1. The van der Waals surface area contributed by atoms with Gasteiger partial charge in [-0.15, -0.1) is 0 Å². The average molecular weight is 580 g/mol. The maximum Gasteiger partial charge on any atom is 0.349 e. The second-order valence-corrected chi connectivity index (χ2v) is 9.22. The van der Waals surface area contributed by atoms with E-state index in [1.54, 1.807) is 13.0 Å². The summed E-state index contributed by atoms with van der Waals surface area (Å²) < 4.78 is 14.5. The number of ether oxygens (including phenoxy) is 1. The molecule has 0 spiro atoms. The number of amides is 1. The minimum atomic E-state index is -0.817. The first kappa shape index (κ1) is 22.9. The van der Waals surface area contributed by atoms with Gasteiger partial charge < -0.3 is 24.8 Å². The van der Waals surface area contributed by atoms with Crippen molar-refractivity contribution in [2.24, 2.45) is 5.73 Å².